The molecular formula is C11H18N2. The molecule has 0 aromatic carbocycles. The van der Waals surface area contributed by atoms with Gasteiger partial charge in [0.15, 0.2) is 0 Å². The summed E-state index contributed by atoms with van der Waals surface area (Å²) in [6, 6.07) is 4.58. The van der Waals surface area contributed by atoms with Crippen molar-refractivity contribution in [3.05, 3.63) is 24.0 Å². The summed E-state index contributed by atoms with van der Waals surface area (Å²) in [4.78, 5) is 4.23. The molecule has 0 saturated carbocycles. The maximum absolute atomic E-state index is 4.23. The highest BCUT2D eigenvalue weighted by molar-refractivity contribution is 5.41. The molecule has 0 radical (unpaired) electrons. The molecule has 2 nitrogen and oxygen atoms in total. The lowest BCUT2D eigenvalue weighted by Gasteiger charge is -2.18. The van der Waals surface area contributed by atoms with Crippen LogP contribution in [-0.4, -0.2) is 11.0 Å². The van der Waals surface area contributed by atoms with Crippen LogP contribution in [0.4, 0.5) is 5.69 Å². The molecule has 13 heavy (non-hydrogen) atoms. The zero-order valence-electron chi connectivity index (χ0n) is 8.83. The minimum absolute atomic E-state index is 0.490. The van der Waals surface area contributed by atoms with Gasteiger partial charge in [0.05, 0.1) is 11.9 Å². The van der Waals surface area contributed by atoms with E-state index in [9.17, 15) is 0 Å². The van der Waals surface area contributed by atoms with Crippen LogP contribution in [0.5, 0.6) is 0 Å². The number of nitrogens with one attached hydrogen (secondary N) is 1. The monoisotopic (exact) mass is 178 g/mol. The van der Waals surface area contributed by atoms with E-state index < -0.39 is 0 Å². The first kappa shape index (κ1) is 10.0. The van der Waals surface area contributed by atoms with Crippen molar-refractivity contribution < 1.29 is 0 Å². The highest BCUT2D eigenvalue weighted by Crippen LogP contribution is 2.11. The van der Waals surface area contributed by atoms with E-state index in [0.29, 0.717) is 12.0 Å². The van der Waals surface area contributed by atoms with Crippen molar-refractivity contribution in [3.8, 4) is 0 Å². The topological polar surface area (TPSA) is 24.9 Å². The lowest BCUT2D eigenvalue weighted by Crippen LogP contribution is -2.21. The summed E-state index contributed by atoms with van der Waals surface area (Å²) in [6.45, 7) is 8.60. The van der Waals surface area contributed by atoms with Gasteiger partial charge in [0.2, 0.25) is 0 Å². The molecule has 1 aromatic heterocycles. The molecule has 0 spiro atoms. The van der Waals surface area contributed by atoms with Crippen molar-refractivity contribution in [1.29, 1.82) is 0 Å². The van der Waals surface area contributed by atoms with E-state index in [1.165, 1.54) is 0 Å². The second kappa shape index (κ2) is 4.26. The van der Waals surface area contributed by atoms with E-state index in [0.717, 1.165) is 11.4 Å². The summed E-state index contributed by atoms with van der Waals surface area (Å²) in [7, 11) is 0. The number of nitrogens with zero attached hydrogens (tertiary/aromatic N) is 1. The first-order valence-electron chi connectivity index (χ1n) is 4.79. The van der Waals surface area contributed by atoms with Gasteiger partial charge in [-0.15, -0.1) is 0 Å². The lowest BCUT2D eigenvalue weighted by molar-refractivity contribution is 0.560. The average Bonchev–Trinajstić information content (AvgIpc) is 2.08. The lowest BCUT2D eigenvalue weighted by atomic mass is 10.1. The molecule has 1 atom stereocenters. The largest absolute Gasteiger partial charge is 0.381 e. The smallest absolute Gasteiger partial charge is 0.0529 e. The first-order chi connectivity index (χ1) is 6.09. The van der Waals surface area contributed by atoms with E-state index in [-0.39, 0.29) is 0 Å². The van der Waals surface area contributed by atoms with Gasteiger partial charge >= 0.3 is 0 Å². The minimum atomic E-state index is 0.490. The Hall–Kier alpha value is -1.05. The number of aromatic nitrogens is 1. The van der Waals surface area contributed by atoms with E-state index in [4.69, 9.17) is 0 Å². The number of pyridine rings is 1. The third-order valence-electron chi connectivity index (χ3n) is 2.31. The second-order valence-corrected chi connectivity index (χ2v) is 3.87. The van der Waals surface area contributed by atoms with Crippen LogP contribution in [0, 0.1) is 12.8 Å². The summed E-state index contributed by atoms with van der Waals surface area (Å²) in [5, 5.41) is 3.41. The van der Waals surface area contributed by atoms with Crippen LogP contribution in [-0.2, 0) is 0 Å². The molecule has 0 amide bonds. The van der Waals surface area contributed by atoms with Gasteiger partial charge in [-0.05, 0) is 31.9 Å². The van der Waals surface area contributed by atoms with Crippen molar-refractivity contribution in [2.75, 3.05) is 5.32 Å². The fraction of sp³-hybridized carbons (Fsp3) is 0.545. The van der Waals surface area contributed by atoms with E-state index in [1.807, 2.05) is 19.2 Å². The SMILES string of the molecule is Cc1ccc(NC(C)C(C)C)cn1. The first-order valence-corrected chi connectivity index (χ1v) is 4.79. The minimum Gasteiger partial charge on any atom is -0.381 e. The van der Waals surface area contributed by atoms with Gasteiger partial charge in [0.1, 0.15) is 0 Å². The van der Waals surface area contributed by atoms with Crippen LogP contribution < -0.4 is 5.32 Å². The van der Waals surface area contributed by atoms with Crippen LogP contribution in [0.15, 0.2) is 18.3 Å². The Balaban J connectivity index is 2.59. The van der Waals surface area contributed by atoms with Gasteiger partial charge in [0.25, 0.3) is 0 Å². The van der Waals surface area contributed by atoms with E-state index in [1.54, 1.807) is 0 Å². The summed E-state index contributed by atoms with van der Waals surface area (Å²) in [5.41, 5.74) is 2.16. The molecule has 2 heteroatoms. The number of anilines is 1. The Kier molecular flexibility index (Phi) is 3.29. The van der Waals surface area contributed by atoms with Gasteiger partial charge in [-0.3, -0.25) is 4.98 Å². The molecule has 0 saturated heterocycles. The van der Waals surface area contributed by atoms with Crippen molar-refractivity contribution in [3.63, 3.8) is 0 Å². The maximum Gasteiger partial charge on any atom is 0.0529 e. The number of rotatable bonds is 3. The van der Waals surface area contributed by atoms with Crippen LogP contribution in [0.25, 0.3) is 0 Å². The van der Waals surface area contributed by atoms with Gasteiger partial charge in [0, 0.05) is 11.7 Å². The Morgan fingerprint density at radius 1 is 1.23 bits per heavy atom. The standard InChI is InChI=1S/C11H18N2/c1-8(2)10(4)13-11-6-5-9(3)12-7-11/h5-8,10,13H,1-4H3. The van der Waals surface area contributed by atoms with Crippen molar-refractivity contribution in [2.24, 2.45) is 5.92 Å². The zero-order chi connectivity index (χ0) is 9.84. The highest BCUT2D eigenvalue weighted by Gasteiger charge is 2.05. The highest BCUT2D eigenvalue weighted by atomic mass is 14.9. The molecule has 1 heterocycles. The Morgan fingerprint density at radius 3 is 2.38 bits per heavy atom. The number of hydrogen-bond acceptors (Lipinski definition) is 2. The molecule has 0 aliphatic rings. The molecule has 72 valence electrons. The quantitative estimate of drug-likeness (QED) is 0.769. The summed E-state index contributed by atoms with van der Waals surface area (Å²) in [6.07, 6.45) is 1.88. The summed E-state index contributed by atoms with van der Waals surface area (Å²) in [5.74, 6) is 0.640. The molecule has 0 aliphatic carbocycles. The third kappa shape index (κ3) is 3.05. The fourth-order valence-corrected chi connectivity index (χ4v) is 0.983. The molecule has 0 fully saturated rings. The summed E-state index contributed by atoms with van der Waals surface area (Å²) >= 11 is 0. The molecular weight excluding hydrogens is 160 g/mol. The van der Waals surface area contributed by atoms with Crippen LogP contribution >= 0.6 is 0 Å². The number of hydrogen-bond donors (Lipinski definition) is 1. The van der Waals surface area contributed by atoms with Gasteiger partial charge in [-0.25, -0.2) is 0 Å². The molecule has 1 rings (SSSR count). The third-order valence-corrected chi connectivity index (χ3v) is 2.31. The van der Waals surface area contributed by atoms with Crippen LogP contribution in [0.1, 0.15) is 26.5 Å². The normalized spacial score (nSPS) is 13.0. The summed E-state index contributed by atoms with van der Waals surface area (Å²) < 4.78 is 0. The van der Waals surface area contributed by atoms with Crippen molar-refractivity contribution in [1.82, 2.24) is 4.98 Å². The van der Waals surface area contributed by atoms with E-state index in [2.05, 4.69) is 37.1 Å². The van der Waals surface area contributed by atoms with E-state index >= 15 is 0 Å². The zero-order valence-corrected chi connectivity index (χ0v) is 8.83. The van der Waals surface area contributed by atoms with Crippen molar-refractivity contribution >= 4 is 5.69 Å². The maximum atomic E-state index is 4.23. The van der Waals surface area contributed by atoms with Gasteiger partial charge in [-0.2, -0.15) is 0 Å². The second-order valence-electron chi connectivity index (χ2n) is 3.87. The Bertz CT molecular complexity index is 251. The average molecular weight is 178 g/mol. The predicted octanol–water partition coefficient (Wildman–Crippen LogP) is 2.85. The van der Waals surface area contributed by atoms with Crippen LogP contribution in [0.3, 0.4) is 0 Å². The molecule has 1 unspecified atom stereocenters. The van der Waals surface area contributed by atoms with Crippen molar-refractivity contribution in [2.45, 2.75) is 33.7 Å². The van der Waals surface area contributed by atoms with Crippen LogP contribution in [0.2, 0.25) is 0 Å². The van der Waals surface area contributed by atoms with Gasteiger partial charge < -0.3 is 5.32 Å². The van der Waals surface area contributed by atoms with Gasteiger partial charge in [-0.1, -0.05) is 13.8 Å². The fourth-order valence-electron chi connectivity index (χ4n) is 0.983. The molecule has 0 aliphatic heterocycles. The predicted molar refractivity (Wildman–Crippen MR) is 56.9 cm³/mol. The molecule has 0 bridgehead atoms. The Labute approximate surface area is 80.4 Å². The number of aryl methyl sites for hydroxylation is 1. The molecule has 1 N–H and O–H groups in total. The Morgan fingerprint density at radius 2 is 1.92 bits per heavy atom. The molecule has 1 aromatic rings.